The third kappa shape index (κ3) is 2.79. The van der Waals surface area contributed by atoms with E-state index < -0.39 is 0 Å². The fourth-order valence-corrected chi connectivity index (χ4v) is 3.18. The molecule has 0 saturated carbocycles. The molecular formula is C15H19BrN4. The van der Waals surface area contributed by atoms with Gasteiger partial charge in [0.05, 0.1) is 16.7 Å². The van der Waals surface area contributed by atoms with Crippen LogP contribution in [-0.2, 0) is 0 Å². The van der Waals surface area contributed by atoms with Crippen molar-refractivity contribution in [2.24, 2.45) is 0 Å². The largest absolute Gasteiger partial charge is 0.353 e. The molecule has 0 unspecified atom stereocenters. The molecule has 0 spiro atoms. The quantitative estimate of drug-likeness (QED) is 0.807. The van der Waals surface area contributed by atoms with E-state index in [4.69, 9.17) is 4.98 Å². The fourth-order valence-electron chi connectivity index (χ4n) is 2.68. The number of anilines is 1. The Balaban J connectivity index is 1.82. The highest BCUT2D eigenvalue weighted by molar-refractivity contribution is 9.09. The highest BCUT2D eigenvalue weighted by Gasteiger charge is 2.19. The molecule has 20 heavy (non-hydrogen) atoms. The van der Waals surface area contributed by atoms with E-state index in [2.05, 4.69) is 37.6 Å². The first-order valence-corrected chi connectivity index (χ1v) is 8.17. The van der Waals surface area contributed by atoms with Gasteiger partial charge in [-0.15, -0.1) is 0 Å². The molecule has 106 valence electrons. The standard InChI is InChI=1S/C15H19BrN4/c1-12-15(18-14-5-3-2-4-13(14)17-12)20-10-8-19(7-6-16)9-11-20/h2-5H,6-11H2,1H3. The maximum atomic E-state index is 4.81. The van der Waals surface area contributed by atoms with Gasteiger partial charge in [-0.25, -0.2) is 9.97 Å². The second-order valence-corrected chi connectivity index (χ2v) is 5.93. The van der Waals surface area contributed by atoms with Gasteiger partial charge in [-0.2, -0.15) is 0 Å². The number of alkyl halides is 1. The Morgan fingerprint density at radius 2 is 1.70 bits per heavy atom. The van der Waals surface area contributed by atoms with Crippen molar-refractivity contribution in [3.8, 4) is 0 Å². The molecule has 0 N–H and O–H groups in total. The predicted octanol–water partition coefficient (Wildman–Crippen LogP) is 2.46. The van der Waals surface area contributed by atoms with Gasteiger partial charge in [0.1, 0.15) is 0 Å². The molecule has 1 aliphatic heterocycles. The zero-order chi connectivity index (χ0) is 13.9. The van der Waals surface area contributed by atoms with E-state index in [0.717, 1.165) is 60.6 Å². The van der Waals surface area contributed by atoms with Gasteiger partial charge in [-0.05, 0) is 19.1 Å². The van der Waals surface area contributed by atoms with Gasteiger partial charge in [-0.1, -0.05) is 28.1 Å². The van der Waals surface area contributed by atoms with Crippen LogP contribution in [0.1, 0.15) is 5.69 Å². The van der Waals surface area contributed by atoms with E-state index in [1.54, 1.807) is 0 Å². The summed E-state index contributed by atoms with van der Waals surface area (Å²) in [5, 5.41) is 1.04. The summed E-state index contributed by atoms with van der Waals surface area (Å²) < 4.78 is 0. The molecule has 2 aromatic rings. The van der Waals surface area contributed by atoms with Crippen molar-refractivity contribution in [3.63, 3.8) is 0 Å². The van der Waals surface area contributed by atoms with Gasteiger partial charge >= 0.3 is 0 Å². The van der Waals surface area contributed by atoms with Gasteiger partial charge in [0, 0.05) is 38.1 Å². The molecule has 1 aliphatic rings. The second-order valence-electron chi connectivity index (χ2n) is 5.14. The number of para-hydroxylation sites is 2. The third-order valence-corrected chi connectivity index (χ3v) is 4.15. The van der Waals surface area contributed by atoms with Crippen LogP contribution in [-0.4, -0.2) is 52.9 Å². The molecule has 0 amide bonds. The monoisotopic (exact) mass is 334 g/mol. The molecule has 1 aromatic carbocycles. The molecule has 0 atom stereocenters. The minimum atomic E-state index is 0.978. The molecule has 1 aromatic heterocycles. The summed E-state index contributed by atoms with van der Waals surface area (Å²) >= 11 is 3.51. The maximum Gasteiger partial charge on any atom is 0.150 e. The predicted molar refractivity (Wildman–Crippen MR) is 86.7 cm³/mol. The summed E-state index contributed by atoms with van der Waals surface area (Å²) in [5.41, 5.74) is 2.99. The first-order valence-electron chi connectivity index (χ1n) is 7.04. The normalized spacial score (nSPS) is 16.8. The van der Waals surface area contributed by atoms with E-state index in [1.807, 2.05) is 24.3 Å². The number of fused-ring (bicyclic) bond motifs is 1. The molecule has 2 heterocycles. The third-order valence-electron chi connectivity index (χ3n) is 3.79. The van der Waals surface area contributed by atoms with E-state index in [1.165, 1.54) is 0 Å². The van der Waals surface area contributed by atoms with E-state index in [0.29, 0.717) is 0 Å². The van der Waals surface area contributed by atoms with Crippen LogP contribution >= 0.6 is 15.9 Å². The van der Waals surface area contributed by atoms with Crippen LogP contribution < -0.4 is 4.90 Å². The number of nitrogens with zero attached hydrogens (tertiary/aromatic N) is 4. The Morgan fingerprint density at radius 1 is 1.05 bits per heavy atom. The van der Waals surface area contributed by atoms with Crippen LogP contribution in [0.15, 0.2) is 24.3 Å². The van der Waals surface area contributed by atoms with Crippen LogP contribution in [0, 0.1) is 6.92 Å². The van der Waals surface area contributed by atoms with Gasteiger partial charge in [0.15, 0.2) is 5.82 Å². The molecule has 0 aliphatic carbocycles. The molecule has 3 rings (SSSR count). The average Bonchev–Trinajstić information content (AvgIpc) is 2.48. The summed E-state index contributed by atoms with van der Waals surface area (Å²) in [6, 6.07) is 8.08. The van der Waals surface area contributed by atoms with Gasteiger partial charge in [0.25, 0.3) is 0 Å². The summed E-state index contributed by atoms with van der Waals surface area (Å²) in [5.74, 6) is 1.04. The zero-order valence-corrected chi connectivity index (χ0v) is 13.3. The molecule has 5 heteroatoms. The highest BCUT2D eigenvalue weighted by atomic mass is 79.9. The number of piperazine rings is 1. The lowest BCUT2D eigenvalue weighted by atomic mass is 10.2. The number of benzene rings is 1. The molecular weight excluding hydrogens is 316 g/mol. The van der Waals surface area contributed by atoms with Crippen LogP contribution in [0.2, 0.25) is 0 Å². The number of aromatic nitrogens is 2. The van der Waals surface area contributed by atoms with Crippen molar-refractivity contribution in [2.75, 3.05) is 43.0 Å². The lowest BCUT2D eigenvalue weighted by molar-refractivity contribution is 0.273. The van der Waals surface area contributed by atoms with Crippen molar-refractivity contribution >= 4 is 32.8 Å². The lowest BCUT2D eigenvalue weighted by Crippen LogP contribution is -2.47. The Kier molecular flexibility index (Phi) is 4.17. The first-order chi connectivity index (χ1) is 9.78. The lowest BCUT2D eigenvalue weighted by Gasteiger charge is -2.35. The van der Waals surface area contributed by atoms with Gasteiger partial charge < -0.3 is 4.90 Å². The smallest absolute Gasteiger partial charge is 0.150 e. The molecule has 4 nitrogen and oxygen atoms in total. The highest BCUT2D eigenvalue weighted by Crippen LogP contribution is 2.21. The van der Waals surface area contributed by atoms with Crippen LogP contribution in [0.5, 0.6) is 0 Å². The van der Waals surface area contributed by atoms with Gasteiger partial charge in [0.2, 0.25) is 0 Å². The topological polar surface area (TPSA) is 32.3 Å². The summed E-state index contributed by atoms with van der Waals surface area (Å²) in [7, 11) is 0. The van der Waals surface area contributed by atoms with Crippen molar-refractivity contribution in [3.05, 3.63) is 30.0 Å². The van der Waals surface area contributed by atoms with E-state index in [9.17, 15) is 0 Å². The van der Waals surface area contributed by atoms with E-state index >= 15 is 0 Å². The number of hydrogen-bond acceptors (Lipinski definition) is 4. The summed E-state index contributed by atoms with van der Waals surface area (Å²) in [6.45, 7) is 7.43. The van der Waals surface area contributed by atoms with Gasteiger partial charge in [-0.3, -0.25) is 4.90 Å². The van der Waals surface area contributed by atoms with Crippen LogP contribution in [0.3, 0.4) is 0 Å². The van der Waals surface area contributed by atoms with Crippen molar-refractivity contribution in [1.82, 2.24) is 14.9 Å². The molecule has 0 radical (unpaired) electrons. The zero-order valence-electron chi connectivity index (χ0n) is 11.7. The van der Waals surface area contributed by atoms with Crippen LogP contribution in [0.25, 0.3) is 11.0 Å². The van der Waals surface area contributed by atoms with Crippen molar-refractivity contribution < 1.29 is 0 Å². The molecule has 1 fully saturated rings. The fraction of sp³-hybridized carbons (Fsp3) is 0.467. The molecule has 1 saturated heterocycles. The molecule has 0 bridgehead atoms. The number of hydrogen-bond donors (Lipinski definition) is 0. The van der Waals surface area contributed by atoms with Crippen molar-refractivity contribution in [1.29, 1.82) is 0 Å². The minimum absolute atomic E-state index is 0.978. The number of halogens is 1. The Labute approximate surface area is 127 Å². The maximum absolute atomic E-state index is 4.81. The summed E-state index contributed by atoms with van der Waals surface area (Å²) in [6.07, 6.45) is 0. The second kappa shape index (κ2) is 6.06. The van der Waals surface area contributed by atoms with E-state index in [-0.39, 0.29) is 0 Å². The van der Waals surface area contributed by atoms with Crippen molar-refractivity contribution in [2.45, 2.75) is 6.92 Å². The van der Waals surface area contributed by atoms with Crippen LogP contribution in [0.4, 0.5) is 5.82 Å². The number of aryl methyl sites for hydroxylation is 1. The first kappa shape index (κ1) is 13.8. The Hall–Kier alpha value is -1.20. The minimum Gasteiger partial charge on any atom is -0.353 e. The summed E-state index contributed by atoms with van der Waals surface area (Å²) in [4.78, 5) is 14.3. The Morgan fingerprint density at radius 3 is 2.35 bits per heavy atom. The Bertz CT molecular complexity index is 593. The number of rotatable bonds is 3. The SMILES string of the molecule is Cc1nc2ccccc2nc1N1CCN(CCBr)CC1. The average molecular weight is 335 g/mol.